The third-order valence-corrected chi connectivity index (χ3v) is 4.17. The van der Waals surface area contributed by atoms with Gasteiger partial charge >= 0.3 is 10.1 Å². The number of nitrogens with zero attached hydrogens (tertiary/aromatic N) is 2. The first-order valence-corrected chi connectivity index (χ1v) is 8.05. The predicted octanol–water partition coefficient (Wildman–Crippen LogP) is 2.12. The van der Waals surface area contributed by atoms with Gasteiger partial charge in [-0.1, -0.05) is 47.1 Å². The molecule has 0 unspecified atom stereocenters. The average Bonchev–Trinajstić information content (AvgIpc) is 2.56. The van der Waals surface area contributed by atoms with Crippen molar-refractivity contribution in [3.8, 4) is 6.07 Å². The van der Waals surface area contributed by atoms with Crippen LogP contribution in [0.3, 0.4) is 0 Å². The highest BCUT2D eigenvalue weighted by atomic mass is 32.2. The molecule has 0 aliphatic carbocycles. The summed E-state index contributed by atoms with van der Waals surface area (Å²) in [6.07, 6.45) is 0. The van der Waals surface area contributed by atoms with E-state index in [4.69, 9.17) is 10.4 Å². The Balaban J connectivity index is 2.24. The van der Waals surface area contributed by atoms with Gasteiger partial charge in [0.15, 0.2) is 5.71 Å². The second-order valence-electron chi connectivity index (χ2n) is 4.75. The molecule has 2 aromatic rings. The first kappa shape index (κ1) is 16.7. The SMILES string of the molecule is Cc1ccc(S(=O)(=O)ON=C(C#N)c2ccc(CO)cc2)cc1. The van der Waals surface area contributed by atoms with E-state index in [0.29, 0.717) is 11.1 Å². The highest BCUT2D eigenvalue weighted by Gasteiger charge is 2.16. The first-order valence-electron chi connectivity index (χ1n) is 6.65. The van der Waals surface area contributed by atoms with E-state index in [1.54, 1.807) is 42.5 Å². The lowest BCUT2D eigenvalue weighted by Crippen LogP contribution is -2.06. The summed E-state index contributed by atoms with van der Waals surface area (Å²) in [7, 11) is -4.08. The maximum Gasteiger partial charge on any atom is 0.358 e. The molecule has 0 fully saturated rings. The van der Waals surface area contributed by atoms with Crippen LogP contribution in [0.5, 0.6) is 0 Å². The summed E-state index contributed by atoms with van der Waals surface area (Å²) in [5.74, 6) is 0. The van der Waals surface area contributed by atoms with Crippen LogP contribution >= 0.6 is 0 Å². The topological polar surface area (TPSA) is 99.8 Å². The minimum Gasteiger partial charge on any atom is -0.392 e. The van der Waals surface area contributed by atoms with Gasteiger partial charge in [-0.3, -0.25) is 4.28 Å². The maximum absolute atomic E-state index is 12.0. The number of aliphatic hydroxyl groups is 1. The molecule has 2 aromatic carbocycles. The van der Waals surface area contributed by atoms with Crippen LogP contribution in [0.2, 0.25) is 0 Å². The third-order valence-electron chi connectivity index (χ3n) is 3.05. The molecule has 1 N–H and O–H groups in total. The van der Waals surface area contributed by atoms with Gasteiger partial charge in [0.1, 0.15) is 11.0 Å². The average molecular weight is 330 g/mol. The molecule has 0 saturated heterocycles. The predicted molar refractivity (Wildman–Crippen MR) is 84.0 cm³/mol. The summed E-state index contributed by atoms with van der Waals surface area (Å²) < 4.78 is 28.7. The standard InChI is InChI=1S/C16H14N2O4S/c1-12-2-8-15(9-3-12)23(20,21)22-18-16(10-17)14-6-4-13(11-19)5-7-14/h2-9,19H,11H2,1H3. The van der Waals surface area contributed by atoms with Crippen molar-refractivity contribution >= 4 is 15.8 Å². The molecule has 0 amide bonds. The minimum atomic E-state index is -4.08. The Bertz CT molecular complexity index is 848. The number of aliphatic hydroxyl groups excluding tert-OH is 1. The van der Waals surface area contributed by atoms with Gasteiger partial charge in [-0.15, -0.1) is 0 Å². The monoisotopic (exact) mass is 330 g/mol. The van der Waals surface area contributed by atoms with E-state index in [9.17, 15) is 8.42 Å². The van der Waals surface area contributed by atoms with Gasteiger partial charge in [0.25, 0.3) is 0 Å². The molecule has 0 spiro atoms. The molecule has 0 saturated carbocycles. The fourth-order valence-corrected chi connectivity index (χ4v) is 2.47. The second kappa shape index (κ2) is 7.05. The zero-order valence-corrected chi connectivity index (χ0v) is 13.1. The Labute approximate surface area is 134 Å². The summed E-state index contributed by atoms with van der Waals surface area (Å²) in [6, 6.07) is 14.2. The Hall–Kier alpha value is -2.69. The van der Waals surface area contributed by atoms with E-state index in [2.05, 4.69) is 9.44 Å². The zero-order chi connectivity index (χ0) is 16.9. The Morgan fingerprint density at radius 2 is 1.78 bits per heavy atom. The number of oxime groups is 1. The van der Waals surface area contributed by atoms with Gasteiger partial charge in [-0.25, -0.2) is 0 Å². The Morgan fingerprint density at radius 3 is 2.30 bits per heavy atom. The quantitative estimate of drug-likeness (QED) is 0.668. The fourth-order valence-electron chi connectivity index (χ4n) is 1.74. The fraction of sp³-hybridized carbons (Fsp3) is 0.125. The van der Waals surface area contributed by atoms with Crippen LogP contribution in [-0.2, 0) is 21.0 Å². The molecule has 6 nitrogen and oxygen atoms in total. The molecule has 0 aromatic heterocycles. The normalized spacial score (nSPS) is 11.8. The van der Waals surface area contributed by atoms with Crippen molar-refractivity contribution in [3.63, 3.8) is 0 Å². The number of aryl methyl sites for hydroxylation is 1. The molecule has 0 aliphatic rings. The number of benzene rings is 2. The largest absolute Gasteiger partial charge is 0.392 e. The van der Waals surface area contributed by atoms with E-state index < -0.39 is 10.1 Å². The molecule has 0 atom stereocenters. The summed E-state index contributed by atoms with van der Waals surface area (Å²) in [6.45, 7) is 1.71. The van der Waals surface area contributed by atoms with E-state index in [1.165, 1.54) is 12.1 Å². The van der Waals surface area contributed by atoms with Crippen molar-refractivity contribution in [1.29, 1.82) is 5.26 Å². The summed E-state index contributed by atoms with van der Waals surface area (Å²) >= 11 is 0. The number of hydrogen-bond donors (Lipinski definition) is 1. The number of nitriles is 1. The van der Waals surface area contributed by atoms with Crippen LogP contribution in [0, 0.1) is 18.3 Å². The van der Waals surface area contributed by atoms with E-state index in [1.807, 2.05) is 6.92 Å². The second-order valence-corrected chi connectivity index (χ2v) is 6.28. The van der Waals surface area contributed by atoms with E-state index in [0.717, 1.165) is 5.56 Å². The summed E-state index contributed by atoms with van der Waals surface area (Å²) in [5.41, 5.74) is 1.79. The molecular weight excluding hydrogens is 316 g/mol. The molecule has 118 valence electrons. The van der Waals surface area contributed by atoms with Gasteiger partial charge in [0.2, 0.25) is 0 Å². The Kier molecular flexibility index (Phi) is 5.11. The van der Waals surface area contributed by atoms with Crippen molar-refractivity contribution in [2.75, 3.05) is 0 Å². The molecule has 0 radical (unpaired) electrons. The van der Waals surface area contributed by atoms with Crippen molar-refractivity contribution in [3.05, 3.63) is 65.2 Å². The van der Waals surface area contributed by atoms with Crippen LogP contribution in [0.4, 0.5) is 0 Å². The van der Waals surface area contributed by atoms with Crippen molar-refractivity contribution in [1.82, 2.24) is 0 Å². The van der Waals surface area contributed by atoms with Crippen molar-refractivity contribution < 1.29 is 17.8 Å². The molecule has 23 heavy (non-hydrogen) atoms. The molecule has 2 rings (SSSR count). The van der Waals surface area contributed by atoms with Gasteiger partial charge < -0.3 is 5.11 Å². The van der Waals surface area contributed by atoms with Crippen LogP contribution in [0.1, 0.15) is 16.7 Å². The lowest BCUT2D eigenvalue weighted by molar-refractivity contribution is 0.282. The van der Waals surface area contributed by atoms with Gasteiger partial charge in [-0.2, -0.15) is 13.7 Å². The number of hydrogen-bond acceptors (Lipinski definition) is 6. The summed E-state index contributed by atoms with van der Waals surface area (Å²) in [5, 5.41) is 21.5. The van der Waals surface area contributed by atoms with Crippen molar-refractivity contribution in [2.24, 2.45) is 5.16 Å². The molecular formula is C16H14N2O4S. The maximum atomic E-state index is 12.0. The third kappa shape index (κ3) is 4.16. The summed E-state index contributed by atoms with van der Waals surface area (Å²) in [4.78, 5) is -0.0419. The van der Waals surface area contributed by atoms with Crippen molar-refractivity contribution in [2.45, 2.75) is 18.4 Å². The van der Waals surface area contributed by atoms with Gasteiger partial charge in [-0.05, 0) is 24.6 Å². The lowest BCUT2D eigenvalue weighted by atomic mass is 10.1. The van der Waals surface area contributed by atoms with E-state index in [-0.39, 0.29) is 17.2 Å². The smallest absolute Gasteiger partial charge is 0.358 e. The van der Waals surface area contributed by atoms with Crippen LogP contribution in [-0.4, -0.2) is 19.2 Å². The minimum absolute atomic E-state index is 0.0419. The lowest BCUT2D eigenvalue weighted by Gasteiger charge is -2.03. The number of rotatable bonds is 5. The van der Waals surface area contributed by atoms with Gasteiger partial charge in [0.05, 0.1) is 6.61 Å². The Morgan fingerprint density at radius 1 is 1.17 bits per heavy atom. The highest BCUT2D eigenvalue weighted by Crippen LogP contribution is 2.14. The molecule has 0 bridgehead atoms. The molecule has 0 aliphatic heterocycles. The highest BCUT2D eigenvalue weighted by molar-refractivity contribution is 7.86. The zero-order valence-electron chi connectivity index (χ0n) is 12.3. The molecule has 7 heteroatoms. The molecule has 0 heterocycles. The van der Waals surface area contributed by atoms with Gasteiger partial charge in [0, 0.05) is 5.56 Å². The first-order chi connectivity index (χ1) is 11.0. The van der Waals surface area contributed by atoms with Crippen LogP contribution in [0.15, 0.2) is 58.6 Å². The van der Waals surface area contributed by atoms with Crippen LogP contribution in [0.25, 0.3) is 0 Å². The van der Waals surface area contributed by atoms with Crippen LogP contribution < -0.4 is 0 Å². The van der Waals surface area contributed by atoms with E-state index >= 15 is 0 Å².